The Balaban J connectivity index is 3.48. The predicted octanol–water partition coefficient (Wildman–Crippen LogP) is 0.0545. The fraction of sp³-hybridized carbons (Fsp3) is 1.00. The van der Waals surface area contributed by atoms with Crippen LogP contribution < -0.4 is 5.73 Å². The second kappa shape index (κ2) is 7.17. The first kappa shape index (κ1) is 13.8. The Morgan fingerprint density at radius 1 is 1.43 bits per heavy atom. The van der Waals surface area contributed by atoms with Crippen molar-refractivity contribution in [3.05, 3.63) is 0 Å². The average Bonchev–Trinajstić information content (AvgIpc) is 2.16. The first-order chi connectivity index (χ1) is 6.52. The molecule has 0 radical (unpaired) electrons. The molecular weight excluding hydrogens is 180 g/mol. The minimum Gasteiger partial charge on any atom is -0.389 e. The van der Waals surface area contributed by atoms with Crippen LogP contribution in [0.25, 0.3) is 0 Å². The lowest BCUT2D eigenvalue weighted by atomic mass is 10.0. The van der Waals surface area contributed by atoms with Crippen LogP contribution in [0.4, 0.5) is 0 Å². The zero-order valence-electron chi connectivity index (χ0n) is 9.62. The third-order valence-corrected chi connectivity index (χ3v) is 2.36. The van der Waals surface area contributed by atoms with Crippen LogP contribution in [0, 0.1) is 0 Å². The Kier molecular flexibility index (Phi) is 7.09. The number of nitrogens with two attached hydrogens (primary N) is 1. The highest BCUT2D eigenvalue weighted by Gasteiger charge is 2.17. The number of nitrogens with zero attached hydrogens (tertiary/aromatic N) is 1. The monoisotopic (exact) mass is 204 g/mol. The van der Waals surface area contributed by atoms with E-state index >= 15 is 0 Å². The van der Waals surface area contributed by atoms with E-state index in [0.29, 0.717) is 13.0 Å². The second-order valence-electron chi connectivity index (χ2n) is 4.10. The highest BCUT2D eigenvalue weighted by molar-refractivity contribution is 4.74. The van der Waals surface area contributed by atoms with E-state index in [1.165, 1.54) is 0 Å². The summed E-state index contributed by atoms with van der Waals surface area (Å²) in [6.45, 7) is 4.74. The van der Waals surface area contributed by atoms with Gasteiger partial charge in [-0.3, -0.25) is 0 Å². The third kappa shape index (κ3) is 7.26. The predicted molar refractivity (Wildman–Crippen MR) is 58.3 cm³/mol. The largest absolute Gasteiger partial charge is 0.389 e. The minimum atomic E-state index is -0.727. The summed E-state index contributed by atoms with van der Waals surface area (Å²) in [6.07, 6.45) is 1.74. The zero-order chi connectivity index (χ0) is 11.0. The highest BCUT2D eigenvalue weighted by atomic mass is 16.5. The van der Waals surface area contributed by atoms with Crippen molar-refractivity contribution in [1.29, 1.82) is 0 Å². The molecule has 0 rings (SSSR count). The third-order valence-electron chi connectivity index (χ3n) is 2.36. The lowest BCUT2D eigenvalue weighted by Gasteiger charge is -2.24. The molecule has 0 aromatic rings. The van der Waals surface area contributed by atoms with E-state index in [1.54, 1.807) is 14.0 Å². The van der Waals surface area contributed by atoms with E-state index in [4.69, 9.17) is 10.5 Å². The maximum absolute atomic E-state index is 9.67. The van der Waals surface area contributed by atoms with E-state index in [1.807, 2.05) is 7.05 Å². The normalized spacial score (nSPS) is 15.9. The summed E-state index contributed by atoms with van der Waals surface area (Å²) >= 11 is 0. The van der Waals surface area contributed by atoms with Gasteiger partial charge >= 0.3 is 0 Å². The van der Waals surface area contributed by atoms with Gasteiger partial charge in [-0.15, -0.1) is 0 Å². The van der Waals surface area contributed by atoms with Crippen LogP contribution in [0.5, 0.6) is 0 Å². The van der Waals surface area contributed by atoms with Gasteiger partial charge in [0, 0.05) is 33.4 Å². The van der Waals surface area contributed by atoms with Gasteiger partial charge in [-0.1, -0.05) is 0 Å². The molecule has 0 heterocycles. The van der Waals surface area contributed by atoms with Crippen LogP contribution in [-0.2, 0) is 4.74 Å². The fourth-order valence-corrected chi connectivity index (χ4v) is 1.12. The van der Waals surface area contributed by atoms with Crippen LogP contribution in [-0.4, -0.2) is 56.0 Å². The molecule has 0 aliphatic carbocycles. The molecule has 0 aliphatic heterocycles. The lowest BCUT2D eigenvalue weighted by molar-refractivity contribution is 0.0496. The molecule has 4 nitrogen and oxygen atoms in total. The van der Waals surface area contributed by atoms with E-state index in [0.717, 1.165) is 26.1 Å². The molecule has 1 unspecified atom stereocenters. The van der Waals surface area contributed by atoms with Crippen molar-refractivity contribution in [1.82, 2.24) is 4.90 Å². The van der Waals surface area contributed by atoms with Crippen molar-refractivity contribution in [2.24, 2.45) is 5.73 Å². The molecule has 0 aliphatic rings. The van der Waals surface area contributed by atoms with Crippen molar-refractivity contribution in [3.8, 4) is 0 Å². The standard InChI is InChI=1S/C10H24N2O2/c1-10(13,9-11)5-7-12(2)6-4-8-14-3/h13H,4-9,11H2,1-3H3. The summed E-state index contributed by atoms with van der Waals surface area (Å²) in [5.41, 5.74) is 4.70. The van der Waals surface area contributed by atoms with Gasteiger partial charge in [0.1, 0.15) is 0 Å². The van der Waals surface area contributed by atoms with Crippen molar-refractivity contribution in [2.45, 2.75) is 25.4 Å². The van der Waals surface area contributed by atoms with Crippen LogP contribution >= 0.6 is 0 Å². The Labute approximate surface area is 87.0 Å². The Hall–Kier alpha value is -0.160. The number of ether oxygens (including phenoxy) is 1. The summed E-state index contributed by atoms with van der Waals surface area (Å²) in [7, 11) is 3.75. The Morgan fingerprint density at radius 3 is 2.57 bits per heavy atom. The van der Waals surface area contributed by atoms with Gasteiger partial charge in [0.25, 0.3) is 0 Å². The molecule has 0 aromatic carbocycles. The van der Waals surface area contributed by atoms with Crippen LogP contribution in [0.3, 0.4) is 0 Å². The quantitative estimate of drug-likeness (QED) is 0.549. The van der Waals surface area contributed by atoms with Crippen molar-refractivity contribution < 1.29 is 9.84 Å². The maximum atomic E-state index is 9.67. The molecule has 0 fully saturated rings. The van der Waals surface area contributed by atoms with Gasteiger partial charge in [0.05, 0.1) is 5.60 Å². The lowest BCUT2D eigenvalue weighted by Crippen LogP contribution is -2.38. The van der Waals surface area contributed by atoms with Gasteiger partial charge in [0.2, 0.25) is 0 Å². The van der Waals surface area contributed by atoms with Crippen molar-refractivity contribution >= 4 is 0 Å². The second-order valence-corrected chi connectivity index (χ2v) is 4.10. The van der Waals surface area contributed by atoms with E-state index < -0.39 is 5.60 Å². The highest BCUT2D eigenvalue weighted by Crippen LogP contribution is 2.07. The Morgan fingerprint density at radius 2 is 2.07 bits per heavy atom. The topological polar surface area (TPSA) is 58.7 Å². The molecule has 0 saturated carbocycles. The van der Waals surface area contributed by atoms with E-state index in [2.05, 4.69) is 4.90 Å². The molecule has 0 saturated heterocycles. The maximum Gasteiger partial charge on any atom is 0.0753 e. The average molecular weight is 204 g/mol. The van der Waals surface area contributed by atoms with E-state index in [-0.39, 0.29) is 0 Å². The molecule has 3 N–H and O–H groups in total. The van der Waals surface area contributed by atoms with Crippen LogP contribution in [0.1, 0.15) is 19.8 Å². The van der Waals surface area contributed by atoms with Crippen LogP contribution in [0.2, 0.25) is 0 Å². The smallest absolute Gasteiger partial charge is 0.0753 e. The summed E-state index contributed by atoms with van der Waals surface area (Å²) in [5.74, 6) is 0. The summed E-state index contributed by atoms with van der Waals surface area (Å²) in [4.78, 5) is 2.18. The molecule has 0 aromatic heterocycles. The number of rotatable bonds is 8. The molecule has 4 heteroatoms. The fourth-order valence-electron chi connectivity index (χ4n) is 1.12. The molecule has 14 heavy (non-hydrogen) atoms. The number of methoxy groups -OCH3 is 1. The molecule has 0 amide bonds. The molecule has 86 valence electrons. The number of hydrogen-bond donors (Lipinski definition) is 2. The molecule has 0 bridgehead atoms. The van der Waals surface area contributed by atoms with Crippen LogP contribution in [0.15, 0.2) is 0 Å². The molecular formula is C10H24N2O2. The summed E-state index contributed by atoms with van der Waals surface area (Å²) in [5, 5.41) is 9.67. The van der Waals surface area contributed by atoms with Gasteiger partial charge in [-0.2, -0.15) is 0 Å². The number of hydrogen-bond acceptors (Lipinski definition) is 4. The molecule has 0 spiro atoms. The van der Waals surface area contributed by atoms with Crippen molar-refractivity contribution in [2.75, 3.05) is 40.4 Å². The van der Waals surface area contributed by atoms with Crippen molar-refractivity contribution in [3.63, 3.8) is 0 Å². The first-order valence-electron chi connectivity index (χ1n) is 5.12. The zero-order valence-corrected chi connectivity index (χ0v) is 9.62. The van der Waals surface area contributed by atoms with Gasteiger partial charge < -0.3 is 20.5 Å². The van der Waals surface area contributed by atoms with E-state index in [9.17, 15) is 5.11 Å². The summed E-state index contributed by atoms with van der Waals surface area (Å²) in [6, 6.07) is 0. The minimum absolute atomic E-state index is 0.318. The van der Waals surface area contributed by atoms with Gasteiger partial charge in [-0.05, 0) is 26.8 Å². The van der Waals surface area contributed by atoms with Gasteiger partial charge in [0.15, 0.2) is 0 Å². The Bertz CT molecular complexity index is 140. The number of aliphatic hydroxyl groups is 1. The summed E-state index contributed by atoms with van der Waals surface area (Å²) < 4.78 is 4.96. The van der Waals surface area contributed by atoms with Gasteiger partial charge in [-0.25, -0.2) is 0 Å². The SMILES string of the molecule is COCCCN(C)CCC(C)(O)CN. The first-order valence-corrected chi connectivity index (χ1v) is 5.12. The molecule has 1 atom stereocenters.